The molecule has 3 heteroatoms. The standard InChI is InChI=1S/C53H32N2O/c1-2-15-34(16-3-1)46-32-47(55-52(54-46)38-29-28-33-14-4-5-17-35(33)30-38)37-19-12-18-36(31-37)39-23-13-24-43-49-42-22-8-11-27-48(42)56-51(49)53(50(39)43)44-25-9-6-20-40(44)41-21-7-10-26-45(41)53/h1-32H. The maximum atomic E-state index is 7.05. The number of nitrogens with zero attached hydrogens (tertiary/aromatic N) is 2. The van der Waals surface area contributed by atoms with Crippen molar-refractivity contribution in [2.24, 2.45) is 0 Å². The fourth-order valence-electron chi connectivity index (χ4n) is 9.50. The quantitative estimate of drug-likeness (QED) is 0.182. The van der Waals surface area contributed by atoms with Gasteiger partial charge in [0.25, 0.3) is 0 Å². The number of hydrogen-bond acceptors (Lipinski definition) is 3. The van der Waals surface area contributed by atoms with Crippen molar-refractivity contribution >= 4 is 21.7 Å². The van der Waals surface area contributed by atoms with Gasteiger partial charge in [-0.05, 0) is 79.5 Å². The Morgan fingerprint density at radius 1 is 0.393 bits per heavy atom. The van der Waals surface area contributed by atoms with Gasteiger partial charge in [0.15, 0.2) is 5.82 Å². The molecule has 56 heavy (non-hydrogen) atoms. The lowest BCUT2D eigenvalue weighted by atomic mass is 9.71. The van der Waals surface area contributed by atoms with Crippen LogP contribution in [-0.4, -0.2) is 9.97 Å². The molecule has 2 aliphatic carbocycles. The van der Waals surface area contributed by atoms with Crippen LogP contribution in [-0.2, 0) is 5.41 Å². The number of furan rings is 1. The van der Waals surface area contributed by atoms with Crippen LogP contribution in [0.25, 0.3) is 89.0 Å². The van der Waals surface area contributed by atoms with Crippen LogP contribution in [0.1, 0.15) is 22.5 Å². The van der Waals surface area contributed by atoms with Gasteiger partial charge in [0.05, 0.1) is 11.4 Å². The summed E-state index contributed by atoms with van der Waals surface area (Å²) in [4.78, 5) is 10.4. The van der Waals surface area contributed by atoms with Crippen molar-refractivity contribution in [2.75, 3.05) is 0 Å². The molecule has 2 heterocycles. The third-order valence-electron chi connectivity index (χ3n) is 11.9. The number of aromatic nitrogens is 2. The summed E-state index contributed by atoms with van der Waals surface area (Å²) in [6.07, 6.45) is 0. The van der Waals surface area contributed by atoms with Crippen LogP contribution in [0.2, 0.25) is 0 Å². The Morgan fingerprint density at radius 2 is 1.00 bits per heavy atom. The molecule has 0 N–H and O–H groups in total. The first-order chi connectivity index (χ1) is 27.8. The SMILES string of the molecule is c1ccc(-c2cc(-c3cccc(-c4cccc5c4C4(c6ccccc6-c6ccccc64)c4oc6ccccc6c4-5)c3)nc(-c3ccc4ccccc4c3)n2)cc1. The number of hydrogen-bond donors (Lipinski definition) is 0. The smallest absolute Gasteiger partial charge is 0.160 e. The van der Waals surface area contributed by atoms with Crippen LogP contribution in [0.4, 0.5) is 0 Å². The van der Waals surface area contributed by atoms with Gasteiger partial charge in [-0.3, -0.25) is 0 Å². The maximum Gasteiger partial charge on any atom is 0.160 e. The molecule has 260 valence electrons. The molecule has 0 aliphatic heterocycles. The molecular weight excluding hydrogens is 681 g/mol. The molecular formula is C53H32N2O. The number of fused-ring (bicyclic) bond motifs is 13. The van der Waals surface area contributed by atoms with Crippen LogP contribution in [0.15, 0.2) is 199 Å². The monoisotopic (exact) mass is 712 g/mol. The molecule has 0 unspecified atom stereocenters. The van der Waals surface area contributed by atoms with Gasteiger partial charge in [-0.25, -0.2) is 9.97 Å². The van der Waals surface area contributed by atoms with Crippen molar-refractivity contribution in [2.45, 2.75) is 5.41 Å². The molecule has 0 amide bonds. The van der Waals surface area contributed by atoms with E-state index >= 15 is 0 Å². The van der Waals surface area contributed by atoms with Gasteiger partial charge < -0.3 is 4.42 Å². The molecule has 2 aliphatic rings. The van der Waals surface area contributed by atoms with E-state index in [1.54, 1.807) is 0 Å². The zero-order chi connectivity index (χ0) is 36.8. The van der Waals surface area contributed by atoms with Gasteiger partial charge in [-0.15, -0.1) is 0 Å². The van der Waals surface area contributed by atoms with Crippen LogP contribution in [0.3, 0.4) is 0 Å². The fraction of sp³-hybridized carbons (Fsp3) is 0.0189. The second kappa shape index (κ2) is 11.8. The predicted molar refractivity (Wildman–Crippen MR) is 227 cm³/mol. The van der Waals surface area contributed by atoms with Gasteiger partial charge >= 0.3 is 0 Å². The summed E-state index contributed by atoms with van der Waals surface area (Å²) in [5, 5.41) is 3.50. The molecule has 8 aromatic carbocycles. The Hall–Kier alpha value is -7.36. The molecule has 0 saturated carbocycles. The first-order valence-electron chi connectivity index (χ1n) is 19.2. The summed E-state index contributed by atoms with van der Waals surface area (Å²) in [6.45, 7) is 0. The van der Waals surface area contributed by atoms with Crippen LogP contribution >= 0.6 is 0 Å². The van der Waals surface area contributed by atoms with Gasteiger partial charge in [0, 0.05) is 27.6 Å². The van der Waals surface area contributed by atoms with E-state index in [9.17, 15) is 0 Å². The Morgan fingerprint density at radius 3 is 1.82 bits per heavy atom. The zero-order valence-electron chi connectivity index (χ0n) is 30.3. The molecule has 1 spiro atoms. The highest BCUT2D eigenvalue weighted by molar-refractivity contribution is 6.06. The van der Waals surface area contributed by atoms with E-state index < -0.39 is 5.41 Å². The summed E-state index contributed by atoms with van der Waals surface area (Å²) in [5.74, 6) is 1.70. The van der Waals surface area contributed by atoms with E-state index in [-0.39, 0.29) is 0 Å². The topological polar surface area (TPSA) is 38.9 Å². The van der Waals surface area contributed by atoms with E-state index in [2.05, 4.69) is 188 Å². The van der Waals surface area contributed by atoms with E-state index in [4.69, 9.17) is 14.4 Å². The number of para-hydroxylation sites is 1. The molecule has 0 bridgehead atoms. The highest BCUT2D eigenvalue weighted by atomic mass is 16.3. The Balaban J connectivity index is 1.10. The van der Waals surface area contributed by atoms with E-state index in [0.29, 0.717) is 5.82 Å². The average Bonchev–Trinajstić information content (AvgIpc) is 3.90. The summed E-state index contributed by atoms with van der Waals surface area (Å²) in [5.41, 5.74) is 16.1. The average molecular weight is 713 g/mol. The third-order valence-corrected chi connectivity index (χ3v) is 11.9. The molecule has 0 fully saturated rings. The van der Waals surface area contributed by atoms with Crippen molar-refractivity contribution in [1.82, 2.24) is 9.97 Å². The normalized spacial score (nSPS) is 13.1. The van der Waals surface area contributed by atoms with Crippen LogP contribution in [0, 0.1) is 0 Å². The van der Waals surface area contributed by atoms with Gasteiger partial charge in [0.1, 0.15) is 16.8 Å². The number of benzene rings is 8. The van der Waals surface area contributed by atoms with E-state index in [1.807, 2.05) is 6.07 Å². The zero-order valence-corrected chi connectivity index (χ0v) is 30.3. The van der Waals surface area contributed by atoms with Crippen molar-refractivity contribution in [3.8, 4) is 67.3 Å². The molecule has 3 nitrogen and oxygen atoms in total. The largest absolute Gasteiger partial charge is 0.459 e. The lowest BCUT2D eigenvalue weighted by Crippen LogP contribution is -2.26. The second-order valence-electron chi connectivity index (χ2n) is 14.8. The van der Waals surface area contributed by atoms with Crippen molar-refractivity contribution in [3.63, 3.8) is 0 Å². The van der Waals surface area contributed by atoms with Gasteiger partial charge in [0.2, 0.25) is 0 Å². The molecule has 0 saturated heterocycles. The van der Waals surface area contributed by atoms with Gasteiger partial charge in [-0.2, -0.15) is 0 Å². The minimum atomic E-state index is -0.623. The molecule has 0 atom stereocenters. The molecule has 0 radical (unpaired) electrons. The maximum absolute atomic E-state index is 7.05. The first-order valence-corrected chi connectivity index (χ1v) is 19.2. The summed E-state index contributed by atoms with van der Waals surface area (Å²) >= 11 is 0. The fourth-order valence-corrected chi connectivity index (χ4v) is 9.50. The summed E-state index contributed by atoms with van der Waals surface area (Å²) in [7, 11) is 0. The summed E-state index contributed by atoms with van der Waals surface area (Å²) in [6, 6.07) is 69.3. The highest BCUT2D eigenvalue weighted by Gasteiger charge is 2.56. The third kappa shape index (κ3) is 4.34. The van der Waals surface area contributed by atoms with Crippen molar-refractivity contribution < 1.29 is 4.42 Å². The minimum absolute atomic E-state index is 0.623. The number of rotatable bonds is 4. The van der Waals surface area contributed by atoms with E-state index in [0.717, 1.165) is 55.8 Å². The minimum Gasteiger partial charge on any atom is -0.459 e. The van der Waals surface area contributed by atoms with Crippen LogP contribution in [0.5, 0.6) is 0 Å². The Kier molecular flexibility index (Phi) is 6.55. The van der Waals surface area contributed by atoms with Crippen molar-refractivity contribution in [1.29, 1.82) is 0 Å². The van der Waals surface area contributed by atoms with Gasteiger partial charge in [-0.1, -0.05) is 170 Å². The highest BCUT2D eigenvalue weighted by Crippen LogP contribution is 2.66. The molecule has 2 aromatic heterocycles. The predicted octanol–water partition coefficient (Wildman–Crippen LogP) is 13.4. The molecule has 12 rings (SSSR count). The van der Waals surface area contributed by atoms with Crippen LogP contribution < -0.4 is 0 Å². The Bertz CT molecular complexity index is 3170. The lowest BCUT2D eigenvalue weighted by Gasteiger charge is -2.30. The first kappa shape index (κ1) is 31.0. The second-order valence-corrected chi connectivity index (χ2v) is 14.8. The lowest BCUT2D eigenvalue weighted by molar-refractivity contribution is 0.507. The Labute approximate surface area is 324 Å². The van der Waals surface area contributed by atoms with E-state index in [1.165, 1.54) is 49.9 Å². The molecule has 10 aromatic rings. The van der Waals surface area contributed by atoms with Crippen molar-refractivity contribution in [3.05, 3.63) is 217 Å². The summed E-state index contributed by atoms with van der Waals surface area (Å²) < 4.78 is 7.05.